The Bertz CT molecular complexity index is 416. The van der Waals surface area contributed by atoms with Crippen LogP contribution in [0, 0.1) is 23.5 Å². The van der Waals surface area contributed by atoms with Crippen LogP contribution in [0.3, 0.4) is 0 Å². The molecule has 0 radical (unpaired) electrons. The zero-order valence-electron chi connectivity index (χ0n) is 10.3. The molecule has 3 rings (SSSR count). The Morgan fingerprint density at radius 2 is 1.44 bits per heavy atom. The first-order valence-electron chi connectivity index (χ1n) is 6.63. The Balaban J connectivity index is 1.86. The third-order valence-electron chi connectivity index (χ3n) is 3.71. The molecule has 2 aliphatic carbocycles. The average Bonchev–Trinajstić information content (AvgIpc) is 3.10. The number of hydrogen-bond donors (Lipinski definition) is 1. The van der Waals surface area contributed by atoms with Crippen LogP contribution in [0.15, 0.2) is 12.1 Å². The molecule has 2 aliphatic rings. The van der Waals surface area contributed by atoms with Crippen molar-refractivity contribution in [1.29, 1.82) is 0 Å². The molecule has 0 aromatic heterocycles. The number of hydrogen-bond acceptors (Lipinski definition) is 2. The van der Waals surface area contributed by atoms with Crippen molar-refractivity contribution in [1.82, 2.24) is 0 Å². The monoisotopic (exact) mass is 252 g/mol. The predicted octanol–water partition coefficient (Wildman–Crippen LogP) is 3.17. The number of anilines is 2. The maximum absolute atomic E-state index is 13.9. The van der Waals surface area contributed by atoms with Crippen molar-refractivity contribution in [3.05, 3.63) is 23.8 Å². The zero-order chi connectivity index (χ0) is 12.7. The second-order valence-corrected chi connectivity index (χ2v) is 5.62. The highest BCUT2D eigenvalue weighted by atomic mass is 19.1. The second kappa shape index (κ2) is 4.41. The number of halogens is 2. The Morgan fingerprint density at radius 3 is 1.83 bits per heavy atom. The van der Waals surface area contributed by atoms with Crippen LogP contribution in [0.4, 0.5) is 20.2 Å². The Labute approximate surface area is 106 Å². The summed E-state index contributed by atoms with van der Waals surface area (Å²) >= 11 is 0. The van der Waals surface area contributed by atoms with Crippen LogP contribution in [0.2, 0.25) is 0 Å². The fourth-order valence-corrected chi connectivity index (χ4v) is 2.37. The maximum Gasteiger partial charge on any atom is 0.151 e. The molecule has 0 unspecified atom stereocenters. The minimum absolute atomic E-state index is 0.114. The van der Waals surface area contributed by atoms with E-state index in [2.05, 4.69) is 0 Å². The van der Waals surface area contributed by atoms with E-state index in [4.69, 9.17) is 5.73 Å². The summed E-state index contributed by atoms with van der Waals surface area (Å²) in [4.78, 5) is 1.89. The molecule has 2 nitrogen and oxygen atoms in total. The first kappa shape index (κ1) is 11.8. The molecule has 0 atom stereocenters. The topological polar surface area (TPSA) is 29.3 Å². The average molecular weight is 252 g/mol. The molecule has 0 heterocycles. The van der Waals surface area contributed by atoms with Crippen molar-refractivity contribution in [2.45, 2.75) is 25.7 Å². The third kappa shape index (κ3) is 2.57. The largest absolute Gasteiger partial charge is 0.399 e. The molecule has 1 aromatic rings. The fraction of sp³-hybridized carbons (Fsp3) is 0.571. The van der Waals surface area contributed by atoms with Gasteiger partial charge in [0.1, 0.15) is 5.69 Å². The molecule has 2 fully saturated rings. The van der Waals surface area contributed by atoms with Gasteiger partial charge in [-0.1, -0.05) is 0 Å². The molecule has 0 spiro atoms. The SMILES string of the molecule is Nc1cc(F)c(N(CC2CC2)CC2CC2)c(F)c1. The molecule has 0 amide bonds. The van der Waals surface area contributed by atoms with Gasteiger partial charge in [-0.05, 0) is 49.7 Å². The van der Waals surface area contributed by atoms with Gasteiger partial charge in [0.25, 0.3) is 0 Å². The van der Waals surface area contributed by atoms with E-state index in [1.54, 1.807) is 0 Å². The smallest absolute Gasteiger partial charge is 0.151 e. The van der Waals surface area contributed by atoms with Crippen molar-refractivity contribution in [2.24, 2.45) is 11.8 Å². The summed E-state index contributed by atoms with van der Waals surface area (Å²) in [6.45, 7) is 1.54. The van der Waals surface area contributed by atoms with E-state index in [9.17, 15) is 8.78 Å². The van der Waals surface area contributed by atoms with E-state index in [0.717, 1.165) is 13.1 Å². The van der Waals surface area contributed by atoms with E-state index in [0.29, 0.717) is 11.8 Å². The fourth-order valence-electron chi connectivity index (χ4n) is 2.37. The second-order valence-electron chi connectivity index (χ2n) is 5.62. The van der Waals surface area contributed by atoms with Gasteiger partial charge < -0.3 is 10.6 Å². The molecule has 0 saturated heterocycles. The van der Waals surface area contributed by atoms with Crippen molar-refractivity contribution in [3.63, 3.8) is 0 Å². The van der Waals surface area contributed by atoms with E-state index in [1.165, 1.54) is 37.8 Å². The lowest BCUT2D eigenvalue weighted by molar-refractivity contribution is 0.560. The molecule has 1 aromatic carbocycles. The minimum atomic E-state index is -0.534. The van der Waals surface area contributed by atoms with Crippen LogP contribution in [-0.4, -0.2) is 13.1 Å². The number of nitrogens with zero attached hydrogens (tertiary/aromatic N) is 1. The minimum Gasteiger partial charge on any atom is -0.399 e. The van der Waals surface area contributed by atoms with Gasteiger partial charge in [0.2, 0.25) is 0 Å². The van der Waals surface area contributed by atoms with Crippen LogP contribution in [-0.2, 0) is 0 Å². The molecule has 0 bridgehead atoms. The van der Waals surface area contributed by atoms with Gasteiger partial charge in [-0.25, -0.2) is 8.78 Å². The molecule has 4 heteroatoms. The van der Waals surface area contributed by atoms with Crippen LogP contribution in [0.5, 0.6) is 0 Å². The molecular weight excluding hydrogens is 234 g/mol. The lowest BCUT2D eigenvalue weighted by Crippen LogP contribution is -2.30. The van der Waals surface area contributed by atoms with Crippen LogP contribution < -0.4 is 10.6 Å². The van der Waals surface area contributed by atoms with Gasteiger partial charge >= 0.3 is 0 Å². The summed E-state index contributed by atoms with van der Waals surface area (Å²) in [5.74, 6) is 0.155. The summed E-state index contributed by atoms with van der Waals surface area (Å²) < 4.78 is 27.9. The third-order valence-corrected chi connectivity index (χ3v) is 3.71. The van der Waals surface area contributed by atoms with Crippen molar-refractivity contribution >= 4 is 11.4 Å². The van der Waals surface area contributed by atoms with Crippen molar-refractivity contribution in [2.75, 3.05) is 23.7 Å². The van der Waals surface area contributed by atoms with Gasteiger partial charge in [0, 0.05) is 18.8 Å². The summed E-state index contributed by atoms with van der Waals surface area (Å²) in [6.07, 6.45) is 4.72. The standard InChI is InChI=1S/C14H18F2N2/c15-12-5-11(17)6-13(16)14(12)18(7-9-1-2-9)8-10-3-4-10/h5-6,9-10H,1-4,7-8,17H2. The van der Waals surface area contributed by atoms with Gasteiger partial charge in [-0.3, -0.25) is 0 Å². The van der Waals surface area contributed by atoms with Gasteiger partial charge in [0.05, 0.1) is 0 Å². The van der Waals surface area contributed by atoms with Crippen LogP contribution >= 0.6 is 0 Å². The maximum atomic E-state index is 13.9. The molecular formula is C14H18F2N2. The summed E-state index contributed by atoms with van der Waals surface area (Å²) in [5.41, 5.74) is 5.72. The highest BCUT2D eigenvalue weighted by Crippen LogP contribution is 2.37. The van der Waals surface area contributed by atoms with Gasteiger partial charge in [0.15, 0.2) is 11.6 Å². The zero-order valence-corrected chi connectivity index (χ0v) is 10.3. The summed E-state index contributed by atoms with van der Waals surface area (Å²) in [6, 6.07) is 2.43. The van der Waals surface area contributed by atoms with Crippen LogP contribution in [0.25, 0.3) is 0 Å². The number of benzene rings is 1. The van der Waals surface area contributed by atoms with Crippen molar-refractivity contribution in [3.8, 4) is 0 Å². The normalized spacial score (nSPS) is 19.0. The Hall–Kier alpha value is -1.32. The molecule has 18 heavy (non-hydrogen) atoms. The number of rotatable bonds is 5. The number of nitrogens with two attached hydrogens (primary N) is 1. The quantitative estimate of drug-likeness (QED) is 0.815. The van der Waals surface area contributed by atoms with Gasteiger partial charge in [-0.15, -0.1) is 0 Å². The lowest BCUT2D eigenvalue weighted by Gasteiger charge is -2.26. The molecule has 2 saturated carbocycles. The lowest BCUT2D eigenvalue weighted by atomic mass is 10.2. The van der Waals surface area contributed by atoms with E-state index in [1.807, 2.05) is 4.90 Å². The summed E-state index contributed by atoms with van der Waals surface area (Å²) in [7, 11) is 0. The van der Waals surface area contributed by atoms with E-state index >= 15 is 0 Å². The Morgan fingerprint density at radius 1 is 1.00 bits per heavy atom. The van der Waals surface area contributed by atoms with E-state index in [-0.39, 0.29) is 11.4 Å². The number of nitrogen functional groups attached to an aromatic ring is 1. The molecule has 2 N–H and O–H groups in total. The Kier molecular flexibility index (Phi) is 2.88. The molecule has 98 valence electrons. The first-order chi connectivity index (χ1) is 8.63. The van der Waals surface area contributed by atoms with Gasteiger partial charge in [-0.2, -0.15) is 0 Å². The molecule has 0 aliphatic heterocycles. The predicted molar refractivity (Wildman–Crippen MR) is 68.4 cm³/mol. The van der Waals surface area contributed by atoms with E-state index < -0.39 is 11.6 Å². The highest BCUT2D eigenvalue weighted by Gasteiger charge is 2.31. The summed E-state index contributed by atoms with van der Waals surface area (Å²) in [5, 5.41) is 0. The van der Waals surface area contributed by atoms with Crippen molar-refractivity contribution < 1.29 is 8.78 Å². The first-order valence-corrected chi connectivity index (χ1v) is 6.63. The highest BCUT2D eigenvalue weighted by molar-refractivity contribution is 5.56. The van der Waals surface area contributed by atoms with Crippen LogP contribution in [0.1, 0.15) is 25.7 Å².